The smallest absolute Gasteiger partial charge is 0.119 e. The third-order valence-corrected chi connectivity index (χ3v) is 3.60. The summed E-state index contributed by atoms with van der Waals surface area (Å²) in [7, 11) is 0. The molecule has 0 bridgehead atoms. The summed E-state index contributed by atoms with van der Waals surface area (Å²) < 4.78 is 5.60. The molecule has 120 valence electrons. The van der Waals surface area contributed by atoms with Crippen LogP contribution in [0.5, 0.6) is 5.75 Å². The molecule has 0 aliphatic rings. The maximum atomic E-state index is 9.85. The minimum Gasteiger partial charge on any atom is -0.491 e. The van der Waals surface area contributed by atoms with Gasteiger partial charge in [0.2, 0.25) is 0 Å². The van der Waals surface area contributed by atoms with E-state index in [0.29, 0.717) is 5.41 Å². The number of rotatable bonds is 6. The van der Waals surface area contributed by atoms with Gasteiger partial charge in [-0.05, 0) is 41.9 Å². The monoisotopic (exact) mass is 293 g/mol. The minimum absolute atomic E-state index is 0.125. The molecule has 3 heteroatoms. The van der Waals surface area contributed by atoms with Crippen molar-refractivity contribution in [2.45, 2.75) is 59.0 Å². The highest BCUT2D eigenvalue weighted by Gasteiger charge is 2.27. The highest BCUT2D eigenvalue weighted by atomic mass is 16.5. The molecule has 0 amide bonds. The Balaban J connectivity index is 2.74. The lowest BCUT2D eigenvalue weighted by Gasteiger charge is -2.33. The van der Waals surface area contributed by atoms with E-state index in [-0.39, 0.29) is 18.6 Å². The van der Waals surface area contributed by atoms with Crippen LogP contribution in [0.4, 0.5) is 0 Å². The summed E-state index contributed by atoms with van der Waals surface area (Å²) >= 11 is 0. The molecule has 21 heavy (non-hydrogen) atoms. The predicted molar refractivity (Wildman–Crippen MR) is 88.7 cm³/mol. The van der Waals surface area contributed by atoms with Crippen LogP contribution < -0.4 is 10.5 Å². The second-order valence-electron chi connectivity index (χ2n) is 8.14. The average molecular weight is 293 g/mol. The first-order valence-electron chi connectivity index (χ1n) is 7.61. The summed E-state index contributed by atoms with van der Waals surface area (Å²) in [6.45, 7) is 13.4. The predicted octanol–water partition coefficient (Wildman–Crippen LogP) is 3.49. The second kappa shape index (κ2) is 6.37. The molecule has 3 nitrogen and oxygen atoms in total. The quantitative estimate of drug-likeness (QED) is 0.844. The van der Waals surface area contributed by atoms with Crippen LogP contribution in [0.25, 0.3) is 0 Å². The lowest BCUT2D eigenvalue weighted by molar-refractivity contribution is 0.0195. The number of benzene rings is 1. The van der Waals surface area contributed by atoms with E-state index in [1.165, 1.54) is 5.56 Å². The summed E-state index contributed by atoms with van der Waals surface area (Å²) in [5.74, 6) is 0.763. The van der Waals surface area contributed by atoms with Crippen LogP contribution in [0.3, 0.4) is 0 Å². The van der Waals surface area contributed by atoms with E-state index < -0.39 is 5.60 Å². The van der Waals surface area contributed by atoms with E-state index in [0.717, 1.165) is 12.2 Å². The van der Waals surface area contributed by atoms with Gasteiger partial charge in [-0.1, -0.05) is 46.8 Å². The van der Waals surface area contributed by atoms with Crippen molar-refractivity contribution in [1.82, 2.24) is 0 Å². The molecule has 0 saturated heterocycles. The minimum atomic E-state index is -0.982. The van der Waals surface area contributed by atoms with Gasteiger partial charge >= 0.3 is 0 Å². The van der Waals surface area contributed by atoms with Gasteiger partial charge in [-0.3, -0.25) is 0 Å². The Bertz CT molecular complexity index is 441. The molecule has 0 saturated carbocycles. The van der Waals surface area contributed by atoms with Crippen LogP contribution in [0.2, 0.25) is 0 Å². The van der Waals surface area contributed by atoms with Crippen LogP contribution in [0.15, 0.2) is 24.3 Å². The van der Waals surface area contributed by atoms with Crippen molar-refractivity contribution in [3.63, 3.8) is 0 Å². The summed E-state index contributed by atoms with van der Waals surface area (Å²) in [6, 6.07) is 8.15. The average Bonchev–Trinajstić information content (AvgIpc) is 2.34. The fourth-order valence-corrected chi connectivity index (χ4v) is 2.73. The molecule has 0 aliphatic carbocycles. The molecular formula is C18H31NO2. The fraction of sp³-hybridized carbons (Fsp3) is 0.667. The zero-order valence-electron chi connectivity index (χ0n) is 14.4. The van der Waals surface area contributed by atoms with Crippen molar-refractivity contribution in [2.24, 2.45) is 11.1 Å². The van der Waals surface area contributed by atoms with Crippen LogP contribution in [-0.4, -0.2) is 23.9 Å². The van der Waals surface area contributed by atoms with Gasteiger partial charge in [0.25, 0.3) is 0 Å². The summed E-state index contributed by atoms with van der Waals surface area (Å²) in [6.07, 6.45) is 1.11. The van der Waals surface area contributed by atoms with E-state index >= 15 is 0 Å². The number of nitrogens with two attached hydrogens (primary N) is 1. The molecule has 1 rings (SSSR count). The third-order valence-electron chi connectivity index (χ3n) is 3.60. The standard InChI is InChI=1S/C18H31NO2/c1-16(2,3)11-17(4,5)14-7-9-15(10-8-14)21-13-18(6,20)12-19/h7-10,20H,11-13,19H2,1-6H3. The van der Waals surface area contributed by atoms with E-state index in [1.807, 2.05) is 12.1 Å². The molecule has 3 N–H and O–H groups in total. The highest BCUT2D eigenvalue weighted by molar-refractivity contribution is 5.31. The molecule has 0 aliphatic heterocycles. The van der Waals surface area contributed by atoms with Crippen LogP contribution >= 0.6 is 0 Å². The molecule has 1 atom stereocenters. The number of hydrogen-bond donors (Lipinski definition) is 2. The zero-order chi connectivity index (χ0) is 16.3. The SMILES string of the molecule is CC(C)(C)CC(C)(C)c1ccc(OCC(C)(O)CN)cc1. The summed E-state index contributed by atoms with van der Waals surface area (Å²) in [5, 5.41) is 9.85. The maximum Gasteiger partial charge on any atom is 0.119 e. The van der Waals surface area contributed by atoms with Crippen molar-refractivity contribution in [3.05, 3.63) is 29.8 Å². The third kappa shape index (κ3) is 6.06. The molecule has 0 aromatic heterocycles. The molecule has 1 aromatic rings. The summed E-state index contributed by atoms with van der Waals surface area (Å²) in [5.41, 5.74) is 6.21. The first kappa shape index (κ1) is 18.0. The highest BCUT2D eigenvalue weighted by Crippen LogP contribution is 2.36. The lowest BCUT2D eigenvalue weighted by atomic mass is 9.72. The van der Waals surface area contributed by atoms with E-state index in [1.54, 1.807) is 6.92 Å². The first-order valence-corrected chi connectivity index (χ1v) is 7.61. The van der Waals surface area contributed by atoms with Gasteiger partial charge in [-0.25, -0.2) is 0 Å². The maximum absolute atomic E-state index is 9.85. The summed E-state index contributed by atoms with van der Waals surface area (Å²) in [4.78, 5) is 0. The lowest BCUT2D eigenvalue weighted by Crippen LogP contribution is -2.40. The zero-order valence-corrected chi connectivity index (χ0v) is 14.4. The van der Waals surface area contributed by atoms with Crippen molar-refractivity contribution in [2.75, 3.05) is 13.2 Å². The Kier molecular flexibility index (Phi) is 5.46. The Morgan fingerprint density at radius 1 is 1.00 bits per heavy atom. The molecule has 0 heterocycles. The van der Waals surface area contributed by atoms with Gasteiger partial charge in [0.15, 0.2) is 0 Å². The normalized spacial score (nSPS) is 15.6. The van der Waals surface area contributed by atoms with E-state index in [9.17, 15) is 5.11 Å². The van der Waals surface area contributed by atoms with Crippen LogP contribution in [0, 0.1) is 5.41 Å². The van der Waals surface area contributed by atoms with Crippen molar-refractivity contribution < 1.29 is 9.84 Å². The number of aliphatic hydroxyl groups is 1. The number of ether oxygens (including phenoxy) is 1. The van der Waals surface area contributed by atoms with E-state index in [4.69, 9.17) is 10.5 Å². The van der Waals surface area contributed by atoms with Crippen molar-refractivity contribution in [3.8, 4) is 5.75 Å². The molecule has 0 radical (unpaired) electrons. The van der Waals surface area contributed by atoms with Crippen LogP contribution in [-0.2, 0) is 5.41 Å². The van der Waals surface area contributed by atoms with Gasteiger partial charge in [0.05, 0.1) is 0 Å². The molecule has 1 unspecified atom stereocenters. The Morgan fingerprint density at radius 3 is 1.95 bits per heavy atom. The Morgan fingerprint density at radius 2 is 1.52 bits per heavy atom. The van der Waals surface area contributed by atoms with E-state index in [2.05, 4.69) is 46.8 Å². The van der Waals surface area contributed by atoms with Gasteiger partial charge in [-0.2, -0.15) is 0 Å². The second-order valence-corrected chi connectivity index (χ2v) is 8.14. The molecular weight excluding hydrogens is 262 g/mol. The van der Waals surface area contributed by atoms with Crippen molar-refractivity contribution in [1.29, 1.82) is 0 Å². The Labute approximate surface area is 129 Å². The van der Waals surface area contributed by atoms with Gasteiger partial charge in [0.1, 0.15) is 18.0 Å². The molecule has 1 aromatic carbocycles. The van der Waals surface area contributed by atoms with Crippen molar-refractivity contribution >= 4 is 0 Å². The van der Waals surface area contributed by atoms with Gasteiger partial charge in [0, 0.05) is 6.54 Å². The topological polar surface area (TPSA) is 55.5 Å². The van der Waals surface area contributed by atoms with Crippen LogP contribution in [0.1, 0.15) is 53.5 Å². The fourth-order valence-electron chi connectivity index (χ4n) is 2.73. The molecule has 0 fully saturated rings. The Hall–Kier alpha value is -1.06. The van der Waals surface area contributed by atoms with Gasteiger partial charge < -0.3 is 15.6 Å². The first-order chi connectivity index (χ1) is 9.45. The molecule has 0 spiro atoms. The van der Waals surface area contributed by atoms with Gasteiger partial charge in [-0.15, -0.1) is 0 Å². The number of hydrogen-bond acceptors (Lipinski definition) is 3. The largest absolute Gasteiger partial charge is 0.491 e.